The molecule has 0 spiro atoms. The average Bonchev–Trinajstić information content (AvgIpc) is 2.95. The largest absolute Gasteiger partial charge is 0.322 e. The van der Waals surface area contributed by atoms with E-state index in [9.17, 15) is 14.4 Å². The summed E-state index contributed by atoms with van der Waals surface area (Å²) in [6.07, 6.45) is 1.16. The van der Waals surface area contributed by atoms with E-state index in [2.05, 4.69) is 37.2 Å². The van der Waals surface area contributed by atoms with Gasteiger partial charge in [0.15, 0.2) is 0 Å². The van der Waals surface area contributed by atoms with Gasteiger partial charge in [-0.15, -0.1) is 0 Å². The summed E-state index contributed by atoms with van der Waals surface area (Å²) in [5.74, 6) is -1.63. The molecule has 1 saturated heterocycles. The molecule has 4 rings (SSSR count). The minimum Gasteiger partial charge on any atom is -0.322 e. The average molecular weight is 555 g/mol. The molecule has 8 heteroatoms. The minimum absolute atomic E-state index is 0.125. The predicted octanol–water partition coefficient (Wildman–Crippen LogP) is 5.33. The van der Waals surface area contributed by atoms with Crippen LogP contribution >= 0.6 is 43.5 Å². The van der Waals surface area contributed by atoms with Gasteiger partial charge in [0.05, 0.1) is 23.1 Å². The number of nitrogens with zero attached hydrogens (tertiary/aromatic N) is 1. The topological polar surface area (TPSA) is 66.5 Å². The van der Waals surface area contributed by atoms with Crippen LogP contribution in [0, 0.1) is 18.8 Å². The lowest BCUT2D eigenvalue weighted by atomic mass is 9.81. The number of para-hydroxylation sites is 1. The van der Waals surface area contributed by atoms with Crippen LogP contribution < -0.4 is 10.2 Å². The first-order valence-corrected chi connectivity index (χ1v) is 11.8. The summed E-state index contributed by atoms with van der Waals surface area (Å²) in [6.45, 7) is 1.86. The molecule has 1 aliphatic heterocycles. The number of anilines is 2. The molecular formula is C22H19Br2ClN2O3. The highest BCUT2D eigenvalue weighted by Crippen LogP contribution is 2.45. The number of fused-ring (bicyclic) bond motifs is 1. The monoisotopic (exact) mass is 552 g/mol. The Morgan fingerprint density at radius 1 is 1.03 bits per heavy atom. The molecule has 0 radical (unpaired) electrons. The maximum atomic E-state index is 13.2. The smallest absolute Gasteiger partial charge is 0.257 e. The van der Waals surface area contributed by atoms with Gasteiger partial charge in [-0.3, -0.25) is 14.4 Å². The number of carbonyl (C=O) groups is 3. The van der Waals surface area contributed by atoms with Crippen LogP contribution in [0.15, 0.2) is 42.5 Å². The van der Waals surface area contributed by atoms with Crippen molar-refractivity contribution >= 4 is 72.6 Å². The highest BCUT2D eigenvalue weighted by atomic mass is 79.9. The summed E-state index contributed by atoms with van der Waals surface area (Å²) in [5, 5.41) is 3.36. The number of aryl methyl sites for hydroxylation is 1. The molecule has 5 nitrogen and oxygen atoms in total. The molecule has 0 unspecified atom stereocenters. The first-order chi connectivity index (χ1) is 14.3. The standard InChI is InChI=1S/C22H19Br2ClN2O3/c1-11-6-7-12(25)8-18(11)26-20(28)13-4-2-3-5-19(13)27-21(29)14-9-16(23)17(24)10-15(14)22(27)30/h2-8,14-17H,9-10H2,1H3,(H,26,28)/t14-,15-,16+,17+/m1/s1. The fraction of sp³-hybridized carbons (Fsp3) is 0.318. The first kappa shape index (κ1) is 21.5. The van der Waals surface area contributed by atoms with Crippen molar-refractivity contribution in [3.05, 3.63) is 58.6 Å². The fourth-order valence-corrected chi connectivity index (χ4v) is 5.52. The zero-order valence-corrected chi connectivity index (χ0v) is 20.0. The normalized spacial score (nSPS) is 25.9. The molecule has 3 amide bonds. The van der Waals surface area contributed by atoms with Crippen molar-refractivity contribution in [2.75, 3.05) is 10.2 Å². The van der Waals surface area contributed by atoms with Crippen LogP contribution in [-0.4, -0.2) is 27.4 Å². The van der Waals surface area contributed by atoms with Crippen LogP contribution in [0.3, 0.4) is 0 Å². The molecule has 1 aliphatic carbocycles. The van der Waals surface area contributed by atoms with Gasteiger partial charge in [-0.2, -0.15) is 0 Å². The van der Waals surface area contributed by atoms with Gasteiger partial charge in [0.2, 0.25) is 11.8 Å². The second-order valence-electron chi connectivity index (χ2n) is 7.66. The lowest BCUT2D eigenvalue weighted by Gasteiger charge is -2.29. The Labute approximate surface area is 196 Å². The summed E-state index contributed by atoms with van der Waals surface area (Å²) in [5.41, 5.74) is 2.02. The zero-order chi connectivity index (χ0) is 21.6. The predicted molar refractivity (Wildman–Crippen MR) is 125 cm³/mol. The van der Waals surface area contributed by atoms with Gasteiger partial charge in [0.25, 0.3) is 5.91 Å². The molecule has 30 heavy (non-hydrogen) atoms. The van der Waals surface area contributed by atoms with E-state index in [1.54, 1.807) is 36.4 Å². The third-order valence-corrected chi connectivity index (χ3v) is 8.72. The number of alkyl halides is 2. The number of imide groups is 1. The summed E-state index contributed by atoms with van der Waals surface area (Å²) in [6, 6.07) is 11.9. The van der Waals surface area contributed by atoms with Crippen molar-refractivity contribution in [1.82, 2.24) is 0 Å². The zero-order valence-electron chi connectivity index (χ0n) is 16.1. The number of rotatable bonds is 3. The molecule has 2 fully saturated rings. The second kappa shape index (κ2) is 8.44. The van der Waals surface area contributed by atoms with Crippen LogP contribution in [0.1, 0.15) is 28.8 Å². The number of benzene rings is 2. The number of hydrogen-bond donors (Lipinski definition) is 1. The van der Waals surface area contributed by atoms with E-state index in [1.165, 1.54) is 4.90 Å². The fourth-order valence-electron chi connectivity index (χ4n) is 4.11. The van der Waals surface area contributed by atoms with E-state index in [0.717, 1.165) is 5.56 Å². The van der Waals surface area contributed by atoms with Crippen molar-refractivity contribution in [2.24, 2.45) is 11.8 Å². The molecule has 2 aromatic rings. The van der Waals surface area contributed by atoms with Gasteiger partial charge in [0, 0.05) is 20.4 Å². The van der Waals surface area contributed by atoms with Crippen molar-refractivity contribution < 1.29 is 14.4 Å². The number of carbonyl (C=O) groups excluding carboxylic acids is 3. The Kier molecular flexibility index (Phi) is 6.06. The minimum atomic E-state index is -0.400. The van der Waals surface area contributed by atoms with Gasteiger partial charge in [-0.25, -0.2) is 4.90 Å². The van der Waals surface area contributed by atoms with Crippen LogP contribution in [0.2, 0.25) is 5.02 Å². The van der Waals surface area contributed by atoms with E-state index in [0.29, 0.717) is 29.2 Å². The Morgan fingerprint density at radius 3 is 2.27 bits per heavy atom. The SMILES string of the molecule is Cc1ccc(Cl)cc1NC(=O)c1ccccc1N1C(=O)[C@@H]2C[C@H](Br)[C@@H](Br)C[C@H]2C1=O. The van der Waals surface area contributed by atoms with Crippen LogP contribution in [0.25, 0.3) is 0 Å². The highest BCUT2D eigenvalue weighted by Gasteiger charge is 2.52. The quantitative estimate of drug-likeness (QED) is 0.412. The Morgan fingerprint density at radius 2 is 1.63 bits per heavy atom. The van der Waals surface area contributed by atoms with Crippen molar-refractivity contribution in [3.8, 4) is 0 Å². The van der Waals surface area contributed by atoms with Gasteiger partial charge in [0.1, 0.15) is 0 Å². The number of nitrogens with one attached hydrogen (secondary N) is 1. The summed E-state index contributed by atoms with van der Waals surface area (Å²) < 4.78 is 0. The van der Waals surface area contributed by atoms with Gasteiger partial charge >= 0.3 is 0 Å². The molecule has 1 heterocycles. The van der Waals surface area contributed by atoms with E-state index in [4.69, 9.17) is 11.6 Å². The summed E-state index contributed by atoms with van der Waals surface area (Å²) in [7, 11) is 0. The Bertz CT molecular complexity index is 1020. The van der Waals surface area contributed by atoms with Crippen molar-refractivity contribution in [1.29, 1.82) is 0 Å². The molecule has 0 bridgehead atoms. The molecule has 1 N–H and O–H groups in total. The summed E-state index contributed by atoms with van der Waals surface area (Å²) in [4.78, 5) is 40.8. The molecule has 2 aromatic carbocycles. The van der Waals surface area contributed by atoms with Crippen molar-refractivity contribution in [3.63, 3.8) is 0 Å². The van der Waals surface area contributed by atoms with Gasteiger partial charge < -0.3 is 5.32 Å². The third kappa shape index (κ3) is 3.83. The molecule has 0 aromatic heterocycles. The molecule has 156 valence electrons. The van der Waals surface area contributed by atoms with Gasteiger partial charge in [-0.05, 0) is 49.6 Å². The Hall–Kier alpha value is -1.70. The van der Waals surface area contributed by atoms with Crippen molar-refractivity contribution in [2.45, 2.75) is 29.4 Å². The maximum absolute atomic E-state index is 13.2. The van der Waals surface area contributed by atoms with E-state index in [1.807, 2.05) is 13.0 Å². The maximum Gasteiger partial charge on any atom is 0.257 e. The molecule has 4 atom stereocenters. The third-order valence-electron chi connectivity index (χ3n) is 5.75. The number of amides is 3. The molecule has 1 saturated carbocycles. The van der Waals surface area contributed by atoms with Crippen LogP contribution in [-0.2, 0) is 9.59 Å². The van der Waals surface area contributed by atoms with Crippen LogP contribution in [0.5, 0.6) is 0 Å². The van der Waals surface area contributed by atoms with E-state index >= 15 is 0 Å². The van der Waals surface area contributed by atoms with Gasteiger partial charge in [-0.1, -0.05) is 61.7 Å². The van der Waals surface area contributed by atoms with E-state index < -0.39 is 5.91 Å². The highest BCUT2D eigenvalue weighted by molar-refractivity contribution is 9.12. The lowest BCUT2D eigenvalue weighted by Crippen LogP contribution is -2.34. The van der Waals surface area contributed by atoms with E-state index in [-0.39, 0.29) is 38.9 Å². The van der Waals surface area contributed by atoms with Crippen LogP contribution in [0.4, 0.5) is 11.4 Å². The first-order valence-electron chi connectivity index (χ1n) is 9.60. The molecular weight excluding hydrogens is 536 g/mol. The number of halogens is 3. The summed E-state index contributed by atoms with van der Waals surface area (Å²) >= 11 is 13.3. The molecule has 2 aliphatic rings. The second-order valence-corrected chi connectivity index (χ2v) is 10.4. The Balaban J connectivity index is 1.67. The lowest BCUT2D eigenvalue weighted by molar-refractivity contribution is -0.122. The number of hydrogen-bond acceptors (Lipinski definition) is 3.